The second-order valence-corrected chi connectivity index (χ2v) is 3.67. The van der Waals surface area contributed by atoms with E-state index in [1.54, 1.807) is 0 Å². The molecule has 0 fully saturated rings. The summed E-state index contributed by atoms with van der Waals surface area (Å²) in [6.45, 7) is 0. The van der Waals surface area contributed by atoms with E-state index in [2.05, 4.69) is 0 Å². The summed E-state index contributed by atoms with van der Waals surface area (Å²) in [5, 5.41) is 0. The maximum atomic E-state index is 8.52. The van der Waals surface area contributed by atoms with Crippen LogP contribution in [0.15, 0.2) is 0 Å². The van der Waals surface area contributed by atoms with Gasteiger partial charge in [0.1, 0.15) is 0 Å². The van der Waals surface area contributed by atoms with Crippen LogP contribution < -0.4 is 68.9 Å². The van der Waals surface area contributed by atoms with Gasteiger partial charge in [0, 0.05) is 31.2 Å². The Morgan fingerprint density at radius 3 is 0.471 bits per heavy atom. The topological polar surface area (TPSA) is 241 Å². The molecule has 0 N–H and O–H groups in total. The Bertz CT molecular complexity index is 343. The van der Waals surface area contributed by atoms with Gasteiger partial charge in [-0.15, -0.1) is 0 Å². The molecule has 0 saturated carbocycles. The third-order valence-electron chi connectivity index (χ3n) is 0. The fourth-order valence-corrected chi connectivity index (χ4v) is 0. The Morgan fingerprint density at radius 2 is 0.471 bits per heavy atom. The van der Waals surface area contributed by atoms with Crippen molar-refractivity contribution in [1.29, 1.82) is 0 Å². The molecule has 0 aromatic heterocycles. The first-order valence-corrected chi connectivity index (χ1v) is 6.00. The van der Waals surface area contributed by atoms with Crippen molar-refractivity contribution in [2.75, 3.05) is 0 Å². The molecular formula is CsO12S3V. The van der Waals surface area contributed by atoms with Crippen molar-refractivity contribution in [2.45, 2.75) is 0 Å². The average Bonchev–Trinajstić information content (AvgIpc) is 1.41. The van der Waals surface area contributed by atoms with Crippen LogP contribution in [0.1, 0.15) is 0 Å². The zero-order chi connectivity index (χ0) is 13.5. The fraction of sp³-hybridized carbons (Fsp3) is 0. The molecular weight excluding hydrogens is 472 g/mol. The molecule has 17 heavy (non-hydrogen) atoms. The molecule has 0 aliphatic carbocycles. The van der Waals surface area contributed by atoms with Gasteiger partial charge in [-0.3, -0.25) is 25.3 Å². The summed E-state index contributed by atoms with van der Waals surface area (Å²) in [6.07, 6.45) is 0. The van der Waals surface area contributed by atoms with E-state index in [1.165, 1.54) is 0 Å². The molecule has 0 aliphatic rings. The molecule has 0 rings (SSSR count). The van der Waals surface area contributed by atoms with Crippen molar-refractivity contribution < 1.29 is 140 Å². The van der Waals surface area contributed by atoms with Crippen LogP contribution >= 0.6 is 0 Å². The summed E-state index contributed by atoms with van der Waals surface area (Å²) in [4.78, 5) is 0. The third kappa shape index (κ3) is 954. The number of rotatable bonds is 0. The van der Waals surface area contributed by atoms with Crippen molar-refractivity contribution in [3.63, 3.8) is 0 Å². The van der Waals surface area contributed by atoms with Crippen LogP contribution in [0.5, 0.6) is 0 Å². The van der Waals surface area contributed by atoms with Gasteiger partial charge in [0.05, 0.1) is 0 Å². The van der Waals surface area contributed by atoms with Crippen molar-refractivity contribution in [3.8, 4) is 0 Å². The fourth-order valence-electron chi connectivity index (χ4n) is 0. The van der Waals surface area contributed by atoms with Crippen LogP contribution in [-0.4, -0.2) is 52.6 Å². The molecule has 0 aromatic carbocycles. The van der Waals surface area contributed by atoms with E-state index >= 15 is 0 Å². The minimum Gasteiger partial charge on any atom is -0.759 e. The summed E-state index contributed by atoms with van der Waals surface area (Å²) < 4.78 is 102. The molecule has 0 bridgehead atoms. The van der Waals surface area contributed by atoms with Crippen LogP contribution in [0, 0.1) is 0 Å². The van der Waals surface area contributed by atoms with Gasteiger partial charge in [-0.1, -0.05) is 0 Å². The first-order valence-electron chi connectivity index (χ1n) is 2.00. The van der Waals surface area contributed by atoms with Crippen LogP contribution in [0.25, 0.3) is 0 Å². The molecule has 0 radical (unpaired) electrons. The van der Waals surface area contributed by atoms with Gasteiger partial charge in [-0.05, 0) is 0 Å². The van der Waals surface area contributed by atoms with Crippen molar-refractivity contribution in [2.24, 2.45) is 0 Å². The standard InChI is InChI=1S/Cs.3H2O4S.V/c;3*1-5(2,3)4;/h;3*(H2,1,2,3,4);/q+1;;;;+5/p-6. The summed E-state index contributed by atoms with van der Waals surface area (Å²) in [7, 11) is -15.5. The zero-order valence-corrected chi connectivity index (χ0v) is 17.7. The molecule has 0 amide bonds. The van der Waals surface area contributed by atoms with E-state index in [4.69, 9.17) is 52.6 Å². The Hall–Kier alpha value is 2.25. The first kappa shape index (κ1) is 31.6. The van der Waals surface area contributed by atoms with Crippen LogP contribution in [-0.2, 0) is 49.8 Å². The first-order chi connectivity index (χ1) is 6.00. The molecule has 17 heteroatoms. The van der Waals surface area contributed by atoms with Gasteiger partial charge in [-0.25, -0.2) is 0 Å². The Morgan fingerprint density at radius 1 is 0.471 bits per heavy atom. The molecule has 0 aromatic rings. The van der Waals surface area contributed by atoms with Gasteiger partial charge in [0.25, 0.3) is 0 Å². The molecule has 0 saturated heterocycles. The van der Waals surface area contributed by atoms with Gasteiger partial charge < -0.3 is 27.3 Å². The van der Waals surface area contributed by atoms with Crippen molar-refractivity contribution >= 4 is 31.2 Å². The van der Waals surface area contributed by atoms with Crippen LogP contribution in [0.3, 0.4) is 0 Å². The molecule has 0 aliphatic heterocycles. The predicted octanol–water partition coefficient (Wildman–Crippen LogP) is -7.01. The molecule has 0 heterocycles. The summed E-state index contributed by atoms with van der Waals surface area (Å²) in [5.41, 5.74) is 0. The van der Waals surface area contributed by atoms with Gasteiger partial charge in [-0.2, -0.15) is 0 Å². The normalized spacial score (nSPS) is 10.2. The second-order valence-electron chi connectivity index (χ2n) is 1.22. The quantitative estimate of drug-likeness (QED) is 0.236. The average molecular weight is 472 g/mol. The number of hydrogen-bond acceptors (Lipinski definition) is 12. The van der Waals surface area contributed by atoms with E-state index in [0.29, 0.717) is 0 Å². The van der Waals surface area contributed by atoms with E-state index in [1.807, 2.05) is 0 Å². The van der Waals surface area contributed by atoms with E-state index in [-0.39, 0.29) is 87.4 Å². The molecule has 0 unspecified atom stereocenters. The molecule has 0 spiro atoms. The van der Waals surface area contributed by atoms with Gasteiger partial charge in [0.15, 0.2) is 0 Å². The van der Waals surface area contributed by atoms with E-state index in [9.17, 15) is 0 Å². The van der Waals surface area contributed by atoms with Crippen molar-refractivity contribution in [1.82, 2.24) is 0 Å². The third-order valence-corrected chi connectivity index (χ3v) is 0. The van der Waals surface area contributed by atoms with Crippen LogP contribution in [0.4, 0.5) is 0 Å². The minimum absolute atomic E-state index is 0. The molecule has 96 valence electrons. The second kappa shape index (κ2) is 13.2. The van der Waals surface area contributed by atoms with Crippen LogP contribution in [0.2, 0.25) is 0 Å². The Kier molecular flexibility index (Phi) is 24.6. The monoisotopic (exact) mass is 472 g/mol. The Labute approximate surface area is 168 Å². The maximum absolute atomic E-state index is 8.52. The summed E-state index contributed by atoms with van der Waals surface area (Å²) >= 11 is 0. The molecule has 12 nitrogen and oxygen atoms in total. The Balaban J connectivity index is -0.0000000400. The van der Waals surface area contributed by atoms with Gasteiger partial charge in [0.2, 0.25) is 0 Å². The SMILES string of the molecule is O=S(=O)([O-])[O-].O=S(=O)([O-])[O-].O=S(=O)([O-])[O-].[Cs+].[V+5]. The van der Waals surface area contributed by atoms with E-state index in [0.717, 1.165) is 0 Å². The predicted molar refractivity (Wildman–Crippen MR) is 31.4 cm³/mol. The minimum atomic E-state index is -5.17. The maximum Gasteiger partial charge on any atom is 5.00 e. The van der Waals surface area contributed by atoms with E-state index < -0.39 is 31.2 Å². The smallest absolute Gasteiger partial charge is 0.759 e. The molecule has 0 atom stereocenters. The zero-order valence-electron chi connectivity index (χ0n) is 7.57. The van der Waals surface area contributed by atoms with Gasteiger partial charge >= 0.3 is 87.4 Å². The largest absolute Gasteiger partial charge is 5.00 e. The summed E-state index contributed by atoms with van der Waals surface area (Å²) in [5.74, 6) is 0. The summed E-state index contributed by atoms with van der Waals surface area (Å²) in [6, 6.07) is 0. The number of hydrogen-bond donors (Lipinski definition) is 0. The van der Waals surface area contributed by atoms with Crippen molar-refractivity contribution in [3.05, 3.63) is 0 Å².